The molecule has 1 aromatic heterocycles. The van der Waals surface area contributed by atoms with E-state index >= 15 is 0 Å². The Kier molecular flexibility index (Phi) is 5.89. The number of amides is 1. The summed E-state index contributed by atoms with van der Waals surface area (Å²) < 4.78 is 4.88. The van der Waals surface area contributed by atoms with E-state index in [1.807, 2.05) is 0 Å². The summed E-state index contributed by atoms with van der Waals surface area (Å²) in [5.41, 5.74) is 0.335. The predicted octanol–water partition coefficient (Wildman–Crippen LogP) is -0.00530. The summed E-state index contributed by atoms with van der Waals surface area (Å²) in [4.78, 5) is 25.0. The van der Waals surface area contributed by atoms with Crippen LogP contribution < -0.4 is 10.2 Å². The Morgan fingerprint density at radius 2 is 2.05 bits per heavy atom. The Bertz CT molecular complexity index is 443. The third-order valence-corrected chi connectivity index (χ3v) is 3.61. The first-order valence-corrected chi connectivity index (χ1v) is 7.31. The highest BCUT2D eigenvalue weighted by atomic mass is 16.5. The number of hydrogen-bond acceptors (Lipinski definition) is 6. The molecule has 1 aliphatic rings. The molecule has 1 amide bonds. The van der Waals surface area contributed by atoms with Gasteiger partial charge in [0.05, 0.1) is 19.0 Å². The average Bonchev–Trinajstić information content (AvgIpc) is 2.55. The van der Waals surface area contributed by atoms with Crippen LogP contribution in [-0.4, -0.2) is 73.8 Å². The molecular weight excluding hydrogens is 270 g/mol. The predicted molar refractivity (Wildman–Crippen MR) is 80.6 cm³/mol. The Balaban J connectivity index is 1.88. The van der Waals surface area contributed by atoms with Crippen LogP contribution in [0.2, 0.25) is 0 Å². The number of anilines is 1. The maximum absolute atomic E-state index is 11.8. The van der Waals surface area contributed by atoms with Crippen LogP contribution in [0.5, 0.6) is 0 Å². The van der Waals surface area contributed by atoms with Gasteiger partial charge >= 0.3 is 0 Å². The maximum atomic E-state index is 11.8. The van der Waals surface area contributed by atoms with Crippen LogP contribution in [0.4, 0.5) is 5.82 Å². The zero-order chi connectivity index (χ0) is 15.1. The summed E-state index contributed by atoms with van der Waals surface area (Å²) >= 11 is 0. The Morgan fingerprint density at radius 1 is 1.29 bits per heavy atom. The van der Waals surface area contributed by atoms with E-state index in [2.05, 4.69) is 32.0 Å². The fourth-order valence-corrected chi connectivity index (χ4v) is 2.25. The lowest BCUT2D eigenvalue weighted by molar-refractivity contribution is 0.0931. The first-order chi connectivity index (χ1) is 10.2. The lowest BCUT2D eigenvalue weighted by atomic mass is 10.3. The maximum Gasteiger partial charge on any atom is 0.271 e. The molecule has 0 radical (unpaired) electrons. The number of carbonyl (C=O) groups is 1. The van der Waals surface area contributed by atoms with E-state index in [1.54, 1.807) is 13.3 Å². The number of ether oxygens (including phenoxy) is 1. The lowest BCUT2D eigenvalue weighted by Crippen LogP contribution is -2.46. The molecule has 1 aromatic rings. The molecule has 1 N–H and O–H groups in total. The van der Waals surface area contributed by atoms with Gasteiger partial charge in [-0.15, -0.1) is 0 Å². The molecule has 1 saturated heterocycles. The number of nitrogens with zero attached hydrogens (tertiary/aromatic N) is 4. The van der Waals surface area contributed by atoms with Crippen LogP contribution >= 0.6 is 0 Å². The first-order valence-electron chi connectivity index (χ1n) is 7.31. The second-order valence-corrected chi connectivity index (χ2v) is 4.93. The van der Waals surface area contributed by atoms with Crippen molar-refractivity contribution in [1.29, 1.82) is 0 Å². The normalized spacial score (nSPS) is 16.0. The number of hydrogen-bond donors (Lipinski definition) is 1. The van der Waals surface area contributed by atoms with Crippen molar-refractivity contribution in [1.82, 2.24) is 20.2 Å². The van der Waals surface area contributed by atoms with E-state index in [4.69, 9.17) is 4.74 Å². The molecule has 7 nitrogen and oxygen atoms in total. The van der Waals surface area contributed by atoms with Crippen molar-refractivity contribution in [3.05, 3.63) is 18.1 Å². The molecule has 2 rings (SSSR count). The van der Waals surface area contributed by atoms with Crippen LogP contribution in [0.25, 0.3) is 0 Å². The van der Waals surface area contributed by atoms with Gasteiger partial charge in [-0.1, -0.05) is 6.92 Å². The number of piperazine rings is 1. The molecular formula is C14H23N5O2. The fraction of sp³-hybridized carbons (Fsp3) is 0.643. The zero-order valence-electron chi connectivity index (χ0n) is 12.7. The van der Waals surface area contributed by atoms with Crippen LogP contribution in [0, 0.1) is 0 Å². The monoisotopic (exact) mass is 293 g/mol. The van der Waals surface area contributed by atoms with Gasteiger partial charge in [0.25, 0.3) is 5.91 Å². The van der Waals surface area contributed by atoms with Crippen LogP contribution in [0.1, 0.15) is 17.4 Å². The summed E-state index contributed by atoms with van der Waals surface area (Å²) in [6.45, 7) is 8.18. The molecule has 0 spiro atoms. The van der Waals surface area contributed by atoms with Crippen LogP contribution in [-0.2, 0) is 4.74 Å². The van der Waals surface area contributed by atoms with Crippen molar-refractivity contribution in [2.45, 2.75) is 6.92 Å². The summed E-state index contributed by atoms with van der Waals surface area (Å²) in [6, 6.07) is 0. The van der Waals surface area contributed by atoms with Crippen molar-refractivity contribution in [2.75, 3.05) is 57.9 Å². The molecule has 116 valence electrons. The molecule has 1 fully saturated rings. The highest BCUT2D eigenvalue weighted by molar-refractivity contribution is 5.91. The number of nitrogens with one attached hydrogen (secondary N) is 1. The van der Waals surface area contributed by atoms with Gasteiger partial charge in [0.2, 0.25) is 0 Å². The van der Waals surface area contributed by atoms with E-state index in [-0.39, 0.29) is 5.91 Å². The zero-order valence-corrected chi connectivity index (χ0v) is 12.7. The molecule has 0 unspecified atom stereocenters. The Morgan fingerprint density at radius 3 is 2.62 bits per heavy atom. The average molecular weight is 293 g/mol. The summed E-state index contributed by atoms with van der Waals surface area (Å²) in [5, 5.41) is 2.73. The topological polar surface area (TPSA) is 70.6 Å². The van der Waals surface area contributed by atoms with Gasteiger partial charge in [0, 0.05) is 39.8 Å². The number of likely N-dealkylation sites (N-methyl/N-ethyl adjacent to an activating group) is 1. The number of methoxy groups -OCH3 is 1. The van der Waals surface area contributed by atoms with E-state index in [1.165, 1.54) is 6.20 Å². The van der Waals surface area contributed by atoms with E-state index in [9.17, 15) is 4.79 Å². The van der Waals surface area contributed by atoms with Gasteiger partial charge in [0.1, 0.15) is 11.5 Å². The molecule has 0 aliphatic carbocycles. The summed E-state index contributed by atoms with van der Waals surface area (Å²) in [7, 11) is 1.60. The quantitative estimate of drug-likeness (QED) is 0.744. The minimum Gasteiger partial charge on any atom is -0.383 e. The van der Waals surface area contributed by atoms with E-state index in [0.717, 1.165) is 38.5 Å². The molecule has 0 atom stereocenters. The Labute approximate surface area is 125 Å². The first kappa shape index (κ1) is 15.7. The molecule has 7 heteroatoms. The minimum absolute atomic E-state index is 0.220. The third kappa shape index (κ3) is 4.37. The van der Waals surface area contributed by atoms with Crippen molar-refractivity contribution in [3.8, 4) is 0 Å². The van der Waals surface area contributed by atoms with Gasteiger partial charge in [0.15, 0.2) is 0 Å². The number of aromatic nitrogens is 2. The van der Waals surface area contributed by atoms with Gasteiger partial charge in [-0.2, -0.15) is 0 Å². The van der Waals surface area contributed by atoms with Crippen molar-refractivity contribution in [3.63, 3.8) is 0 Å². The number of rotatable bonds is 6. The Hall–Kier alpha value is -1.73. The fourth-order valence-electron chi connectivity index (χ4n) is 2.25. The van der Waals surface area contributed by atoms with Gasteiger partial charge in [-0.05, 0) is 6.54 Å². The highest BCUT2D eigenvalue weighted by Gasteiger charge is 2.17. The van der Waals surface area contributed by atoms with Crippen LogP contribution in [0.15, 0.2) is 12.4 Å². The molecule has 0 aromatic carbocycles. The number of carbonyl (C=O) groups excluding carboxylic acids is 1. The lowest BCUT2D eigenvalue weighted by Gasteiger charge is -2.34. The minimum atomic E-state index is -0.220. The SMILES string of the molecule is CCN1CCN(c2cnc(C(=O)NCCOC)cn2)CC1. The van der Waals surface area contributed by atoms with Gasteiger partial charge in [-0.25, -0.2) is 9.97 Å². The molecule has 0 saturated carbocycles. The van der Waals surface area contributed by atoms with Crippen molar-refractivity contribution < 1.29 is 9.53 Å². The van der Waals surface area contributed by atoms with E-state index in [0.29, 0.717) is 18.8 Å². The molecule has 0 bridgehead atoms. The molecule has 21 heavy (non-hydrogen) atoms. The standard InChI is InChI=1S/C14H23N5O2/c1-3-18-5-7-19(8-6-18)13-11-16-12(10-17-13)14(20)15-4-9-21-2/h10-11H,3-9H2,1-2H3,(H,15,20). The largest absolute Gasteiger partial charge is 0.383 e. The molecule has 2 heterocycles. The van der Waals surface area contributed by atoms with Crippen molar-refractivity contribution >= 4 is 11.7 Å². The summed E-state index contributed by atoms with van der Waals surface area (Å²) in [5.74, 6) is 0.612. The highest BCUT2D eigenvalue weighted by Crippen LogP contribution is 2.12. The summed E-state index contributed by atoms with van der Waals surface area (Å²) in [6.07, 6.45) is 3.20. The molecule has 1 aliphatic heterocycles. The second kappa shape index (κ2) is 7.90. The van der Waals surface area contributed by atoms with Crippen LogP contribution in [0.3, 0.4) is 0 Å². The third-order valence-electron chi connectivity index (χ3n) is 3.61. The van der Waals surface area contributed by atoms with Gasteiger partial charge in [-0.3, -0.25) is 4.79 Å². The van der Waals surface area contributed by atoms with Gasteiger partial charge < -0.3 is 19.9 Å². The van der Waals surface area contributed by atoms with Crippen molar-refractivity contribution in [2.24, 2.45) is 0 Å². The van der Waals surface area contributed by atoms with E-state index < -0.39 is 0 Å². The smallest absolute Gasteiger partial charge is 0.271 e. The second-order valence-electron chi connectivity index (χ2n) is 4.93.